The number of aliphatic imine (C=N–C) groups is 1. The van der Waals surface area contributed by atoms with E-state index in [-0.39, 0.29) is 17.7 Å². The van der Waals surface area contributed by atoms with Crippen molar-refractivity contribution < 1.29 is 9.59 Å². The number of hydrogen-bond donors (Lipinski definition) is 0. The number of anilines is 1. The maximum Gasteiger partial charge on any atom is 0.239 e. The van der Waals surface area contributed by atoms with Gasteiger partial charge in [0.25, 0.3) is 0 Å². The zero-order chi connectivity index (χ0) is 25.3. The molecule has 37 heavy (non-hydrogen) atoms. The van der Waals surface area contributed by atoms with Crippen molar-refractivity contribution in [3.8, 4) is 0 Å². The Morgan fingerprint density at radius 3 is 2.03 bits per heavy atom. The molecule has 0 aromatic heterocycles. The van der Waals surface area contributed by atoms with Gasteiger partial charge in [-0.1, -0.05) is 84.4 Å². The normalized spacial score (nSPS) is 25.4. The first-order valence-electron chi connectivity index (χ1n) is 12.8. The van der Waals surface area contributed by atoms with Crippen LogP contribution in [0.2, 0.25) is 0 Å². The van der Waals surface area contributed by atoms with Gasteiger partial charge in [0.2, 0.25) is 11.8 Å². The van der Waals surface area contributed by atoms with Crippen LogP contribution in [0, 0.1) is 25.7 Å². The third-order valence-corrected chi connectivity index (χ3v) is 8.45. The summed E-state index contributed by atoms with van der Waals surface area (Å²) in [7, 11) is 0. The van der Waals surface area contributed by atoms with E-state index in [4.69, 9.17) is 4.99 Å². The van der Waals surface area contributed by atoms with E-state index >= 15 is 0 Å². The number of aryl methyl sites for hydroxylation is 2. The number of rotatable bonds is 3. The molecule has 1 fully saturated rings. The fourth-order valence-electron chi connectivity index (χ4n) is 7.03. The van der Waals surface area contributed by atoms with E-state index in [9.17, 15) is 9.59 Å². The molecule has 0 radical (unpaired) electrons. The number of para-hydroxylation sites is 1. The Morgan fingerprint density at radius 2 is 1.38 bits per heavy atom. The van der Waals surface area contributed by atoms with Crippen molar-refractivity contribution in [3.05, 3.63) is 130 Å². The summed E-state index contributed by atoms with van der Waals surface area (Å²) in [4.78, 5) is 35.1. The fourth-order valence-corrected chi connectivity index (χ4v) is 7.03. The number of nitrogens with zero attached hydrogens (tertiary/aromatic N) is 2. The van der Waals surface area contributed by atoms with Gasteiger partial charge in [-0.15, -0.1) is 0 Å². The van der Waals surface area contributed by atoms with Gasteiger partial charge in [-0.05, 0) is 59.9 Å². The van der Waals surface area contributed by atoms with Crippen LogP contribution in [0.4, 0.5) is 11.4 Å². The molecular formula is C33H26N2O2. The highest BCUT2D eigenvalue weighted by atomic mass is 16.2. The van der Waals surface area contributed by atoms with Crippen LogP contribution in [0.15, 0.2) is 102 Å². The molecule has 0 spiro atoms. The molecule has 4 heteroatoms. The van der Waals surface area contributed by atoms with E-state index in [0.717, 1.165) is 39.1 Å². The summed E-state index contributed by atoms with van der Waals surface area (Å²) in [6.45, 7) is 3.99. The second kappa shape index (κ2) is 7.84. The summed E-state index contributed by atoms with van der Waals surface area (Å²) in [6.07, 6.45) is 1.95. The molecule has 0 N–H and O–H groups in total. The van der Waals surface area contributed by atoms with Crippen LogP contribution in [-0.4, -0.2) is 18.0 Å². The molecule has 3 aliphatic carbocycles. The highest BCUT2D eigenvalue weighted by Gasteiger charge is 2.68. The van der Waals surface area contributed by atoms with Crippen LogP contribution in [0.1, 0.15) is 39.3 Å². The molecule has 1 heterocycles. The van der Waals surface area contributed by atoms with Gasteiger partial charge in [-0.2, -0.15) is 0 Å². The number of hydrogen-bond acceptors (Lipinski definition) is 3. The van der Waals surface area contributed by atoms with Crippen LogP contribution in [0.25, 0.3) is 0 Å². The first-order valence-corrected chi connectivity index (χ1v) is 12.8. The fraction of sp³-hybridized carbons (Fsp3) is 0.182. The van der Waals surface area contributed by atoms with Crippen molar-refractivity contribution in [2.75, 3.05) is 4.90 Å². The van der Waals surface area contributed by atoms with Crippen molar-refractivity contribution in [2.45, 2.75) is 25.2 Å². The molecule has 0 saturated carbocycles. The smallest absolute Gasteiger partial charge is 0.239 e. The second-order valence-electron chi connectivity index (χ2n) is 10.4. The van der Waals surface area contributed by atoms with Crippen molar-refractivity contribution in [1.29, 1.82) is 0 Å². The third-order valence-electron chi connectivity index (χ3n) is 8.45. The summed E-state index contributed by atoms with van der Waals surface area (Å²) < 4.78 is 0. The number of amides is 2. The van der Waals surface area contributed by atoms with Gasteiger partial charge in [-0.3, -0.25) is 14.6 Å². The number of carbonyl (C=O) groups excluding carboxylic acids is 2. The lowest BCUT2D eigenvalue weighted by atomic mass is 9.47. The Labute approximate surface area is 216 Å². The standard InChI is InChI=1S/C33H26N2O2/c1-20-16-17-27(21(2)18-20)35-31(36)29-28-23-12-6-8-14-25(23)33(30(29)32(35)37,26-15-9-7-13-24(26)28)19-34-22-10-4-3-5-11-22/h3-19,28-30H,1-2H3. The summed E-state index contributed by atoms with van der Waals surface area (Å²) >= 11 is 0. The Hall–Kier alpha value is -4.31. The van der Waals surface area contributed by atoms with Gasteiger partial charge < -0.3 is 0 Å². The van der Waals surface area contributed by atoms with Gasteiger partial charge in [0.1, 0.15) is 0 Å². The molecule has 2 amide bonds. The molecule has 8 rings (SSSR count). The quantitative estimate of drug-likeness (QED) is 0.256. The van der Waals surface area contributed by atoms with Crippen LogP contribution < -0.4 is 4.90 Å². The van der Waals surface area contributed by atoms with E-state index < -0.39 is 17.3 Å². The van der Waals surface area contributed by atoms with E-state index in [0.29, 0.717) is 5.69 Å². The van der Waals surface area contributed by atoms with Crippen LogP contribution in [0.5, 0.6) is 0 Å². The molecule has 1 aliphatic heterocycles. The predicted octanol–water partition coefficient (Wildman–Crippen LogP) is 6.26. The van der Waals surface area contributed by atoms with Crippen molar-refractivity contribution in [1.82, 2.24) is 0 Å². The zero-order valence-corrected chi connectivity index (χ0v) is 20.8. The van der Waals surface area contributed by atoms with Crippen LogP contribution in [-0.2, 0) is 15.0 Å². The Balaban J connectivity index is 1.51. The molecule has 1 saturated heterocycles. The SMILES string of the molecule is Cc1ccc(N2C(=O)C3C4c5ccccc5C(C=Nc5ccccc5)(c5ccccc54)C3C2=O)c(C)c1. The van der Waals surface area contributed by atoms with E-state index in [2.05, 4.69) is 24.3 Å². The van der Waals surface area contributed by atoms with Crippen molar-refractivity contribution in [3.63, 3.8) is 0 Å². The van der Waals surface area contributed by atoms with Gasteiger partial charge >= 0.3 is 0 Å². The van der Waals surface area contributed by atoms with Crippen molar-refractivity contribution >= 4 is 29.4 Å². The molecule has 2 bridgehead atoms. The summed E-state index contributed by atoms with van der Waals surface area (Å²) in [5.41, 5.74) is 7.06. The average Bonchev–Trinajstić information content (AvgIpc) is 3.19. The molecular weight excluding hydrogens is 456 g/mol. The van der Waals surface area contributed by atoms with Gasteiger partial charge in [-0.25, -0.2) is 4.90 Å². The van der Waals surface area contributed by atoms with Gasteiger partial charge in [0.05, 0.1) is 28.6 Å². The lowest BCUT2D eigenvalue weighted by molar-refractivity contribution is -0.122. The topological polar surface area (TPSA) is 49.7 Å². The Morgan fingerprint density at radius 1 is 0.757 bits per heavy atom. The van der Waals surface area contributed by atoms with Crippen LogP contribution >= 0.6 is 0 Å². The molecule has 2 unspecified atom stereocenters. The zero-order valence-electron chi connectivity index (χ0n) is 20.8. The first-order chi connectivity index (χ1) is 18.0. The minimum Gasteiger partial charge on any atom is -0.274 e. The number of benzene rings is 4. The minimum absolute atomic E-state index is 0.117. The predicted molar refractivity (Wildman–Crippen MR) is 145 cm³/mol. The van der Waals surface area contributed by atoms with Crippen molar-refractivity contribution in [2.24, 2.45) is 16.8 Å². The Bertz CT molecular complexity index is 1570. The monoisotopic (exact) mass is 482 g/mol. The molecule has 2 atom stereocenters. The highest BCUT2D eigenvalue weighted by molar-refractivity contribution is 6.25. The first kappa shape index (κ1) is 21.9. The van der Waals surface area contributed by atoms with Crippen LogP contribution in [0.3, 0.4) is 0 Å². The summed E-state index contributed by atoms with van der Waals surface area (Å²) in [5.74, 6) is -1.48. The van der Waals surface area contributed by atoms with Gasteiger partial charge in [0, 0.05) is 12.1 Å². The van der Waals surface area contributed by atoms with E-state index in [1.54, 1.807) is 0 Å². The lowest BCUT2D eigenvalue weighted by Gasteiger charge is -2.52. The van der Waals surface area contributed by atoms with E-state index in [1.807, 2.05) is 92.9 Å². The maximum absolute atomic E-state index is 14.5. The third kappa shape index (κ3) is 2.87. The minimum atomic E-state index is -0.845. The maximum atomic E-state index is 14.5. The average molecular weight is 483 g/mol. The summed E-state index contributed by atoms with van der Waals surface area (Å²) in [5, 5.41) is 0. The number of carbonyl (C=O) groups is 2. The largest absolute Gasteiger partial charge is 0.274 e. The Kier molecular flexibility index (Phi) is 4.65. The molecule has 4 aromatic rings. The molecule has 4 aromatic carbocycles. The second-order valence-corrected chi connectivity index (χ2v) is 10.4. The number of imide groups is 1. The molecule has 180 valence electrons. The molecule has 4 aliphatic rings. The highest BCUT2D eigenvalue weighted by Crippen LogP contribution is 2.63. The lowest BCUT2D eigenvalue weighted by Crippen LogP contribution is -2.54. The molecule has 4 nitrogen and oxygen atoms in total. The van der Waals surface area contributed by atoms with Gasteiger partial charge in [0.15, 0.2) is 0 Å². The summed E-state index contributed by atoms with van der Waals surface area (Å²) in [6, 6.07) is 32.3. The van der Waals surface area contributed by atoms with E-state index in [1.165, 1.54) is 4.90 Å².